The molecule has 0 atom stereocenters. The molecule has 20 heavy (non-hydrogen) atoms. The fourth-order valence-corrected chi connectivity index (χ4v) is 2.58. The average molecular weight is 344 g/mol. The summed E-state index contributed by atoms with van der Waals surface area (Å²) >= 11 is 3.54. The van der Waals surface area contributed by atoms with Crippen molar-refractivity contribution in [3.05, 3.63) is 10.7 Å². The highest BCUT2D eigenvalue weighted by atomic mass is 79.9. The second kappa shape index (κ2) is 9.13. The number of rotatable bonds is 9. The number of hydrogen-bond donors (Lipinski definition) is 1. The summed E-state index contributed by atoms with van der Waals surface area (Å²) in [6.45, 7) is 11.9. The molecule has 0 amide bonds. The van der Waals surface area contributed by atoms with Gasteiger partial charge in [-0.05, 0) is 48.9 Å². The molecule has 1 N–H and O–H groups in total. The molecule has 1 aromatic heterocycles. The molecule has 0 radical (unpaired) electrons. The van der Waals surface area contributed by atoms with Crippen LogP contribution in [0.4, 0.5) is 11.8 Å². The van der Waals surface area contributed by atoms with Gasteiger partial charge in [-0.2, -0.15) is 4.98 Å². The van der Waals surface area contributed by atoms with E-state index in [2.05, 4.69) is 61.8 Å². The van der Waals surface area contributed by atoms with Crippen LogP contribution in [0.3, 0.4) is 0 Å². The van der Waals surface area contributed by atoms with Crippen LogP contribution in [0, 0.1) is 0 Å². The van der Waals surface area contributed by atoms with Crippen molar-refractivity contribution in [1.82, 2.24) is 14.9 Å². The standard InChI is InChI=1S/C14H26BrN5/c1-5-19(6-2)9-8-10-20(7-3)13-12(15)11-17-14(16-4)18-13/h11H,5-10H2,1-4H3,(H,16,17,18). The Balaban J connectivity index is 2.66. The van der Waals surface area contributed by atoms with E-state index in [0.29, 0.717) is 5.95 Å². The number of nitrogens with one attached hydrogen (secondary N) is 1. The number of halogens is 1. The Morgan fingerprint density at radius 1 is 1.15 bits per heavy atom. The average Bonchev–Trinajstić information content (AvgIpc) is 2.49. The first-order valence-corrected chi connectivity index (χ1v) is 8.13. The number of hydrogen-bond acceptors (Lipinski definition) is 5. The van der Waals surface area contributed by atoms with Crippen LogP contribution in [0.25, 0.3) is 0 Å². The molecule has 0 unspecified atom stereocenters. The zero-order chi connectivity index (χ0) is 15.0. The smallest absolute Gasteiger partial charge is 0.224 e. The maximum absolute atomic E-state index is 4.54. The van der Waals surface area contributed by atoms with Crippen molar-refractivity contribution in [3.8, 4) is 0 Å². The summed E-state index contributed by atoms with van der Waals surface area (Å²) in [6, 6.07) is 0. The Morgan fingerprint density at radius 2 is 1.85 bits per heavy atom. The van der Waals surface area contributed by atoms with Crippen LogP contribution in [0.2, 0.25) is 0 Å². The van der Waals surface area contributed by atoms with Crippen LogP contribution >= 0.6 is 15.9 Å². The summed E-state index contributed by atoms with van der Waals surface area (Å²) in [5.74, 6) is 1.62. The van der Waals surface area contributed by atoms with Gasteiger partial charge < -0.3 is 15.1 Å². The predicted molar refractivity (Wildman–Crippen MR) is 89.6 cm³/mol. The molecule has 0 saturated carbocycles. The molecular formula is C14H26BrN5. The minimum absolute atomic E-state index is 0.658. The van der Waals surface area contributed by atoms with Crippen LogP contribution in [-0.2, 0) is 0 Å². The van der Waals surface area contributed by atoms with Crippen LogP contribution in [0.15, 0.2) is 10.7 Å². The van der Waals surface area contributed by atoms with Gasteiger partial charge in [0.15, 0.2) is 0 Å². The molecule has 0 aliphatic carbocycles. The zero-order valence-electron chi connectivity index (χ0n) is 13.0. The van der Waals surface area contributed by atoms with Crippen LogP contribution in [0.1, 0.15) is 27.2 Å². The van der Waals surface area contributed by atoms with Crippen molar-refractivity contribution in [1.29, 1.82) is 0 Å². The van der Waals surface area contributed by atoms with Gasteiger partial charge in [0.05, 0.1) is 4.47 Å². The van der Waals surface area contributed by atoms with Gasteiger partial charge in [0, 0.05) is 26.3 Å². The van der Waals surface area contributed by atoms with Crippen molar-refractivity contribution in [2.75, 3.05) is 50.0 Å². The van der Waals surface area contributed by atoms with E-state index >= 15 is 0 Å². The van der Waals surface area contributed by atoms with Gasteiger partial charge in [0.2, 0.25) is 5.95 Å². The first-order chi connectivity index (χ1) is 9.65. The Bertz CT molecular complexity index is 395. The summed E-state index contributed by atoms with van der Waals surface area (Å²) < 4.78 is 0.946. The Hall–Kier alpha value is -0.880. The molecule has 0 saturated heterocycles. The predicted octanol–water partition coefficient (Wildman–Crippen LogP) is 2.84. The van der Waals surface area contributed by atoms with Gasteiger partial charge in [0.25, 0.3) is 0 Å². The Kier molecular flexibility index (Phi) is 7.84. The van der Waals surface area contributed by atoms with E-state index in [1.54, 1.807) is 6.20 Å². The summed E-state index contributed by atoms with van der Waals surface area (Å²) in [7, 11) is 1.84. The zero-order valence-corrected chi connectivity index (χ0v) is 14.6. The molecule has 5 nitrogen and oxygen atoms in total. The van der Waals surface area contributed by atoms with Gasteiger partial charge in [-0.1, -0.05) is 13.8 Å². The highest BCUT2D eigenvalue weighted by molar-refractivity contribution is 9.10. The minimum Gasteiger partial charge on any atom is -0.357 e. The monoisotopic (exact) mass is 343 g/mol. The topological polar surface area (TPSA) is 44.3 Å². The normalized spacial score (nSPS) is 10.9. The summed E-state index contributed by atoms with van der Waals surface area (Å²) in [6.07, 6.45) is 2.95. The maximum Gasteiger partial charge on any atom is 0.224 e. The summed E-state index contributed by atoms with van der Waals surface area (Å²) in [5, 5.41) is 2.99. The van der Waals surface area contributed by atoms with Crippen molar-refractivity contribution in [2.45, 2.75) is 27.2 Å². The van der Waals surface area contributed by atoms with Crippen molar-refractivity contribution < 1.29 is 0 Å². The Labute approximate surface area is 130 Å². The van der Waals surface area contributed by atoms with E-state index in [9.17, 15) is 0 Å². The van der Waals surface area contributed by atoms with E-state index in [1.807, 2.05) is 7.05 Å². The van der Waals surface area contributed by atoms with E-state index in [0.717, 1.165) is 49.4 Å². The first kappa shape index (κ1) is 17.2. The molecule has 0 bridgehead atoms. The molecule has 114 valence electrons. The molecule has 1 heterocycles. The van der Waals surface area contributed by atoms with E-state index in [1.165, 1.54) is 0 Å². The van der Waals surface area contributed by atoms with Gasteiger partial charge in [-0.25, -0.2) is 4.98 Å². The fourth-order valence-electron chi connectivity index (χ4n) is 2.14. The summed E-state index contributed by atoms with van der Waals surface area (Å²) in [5.41, 5.74) is 0. The second-order valence-corrected chi connectivity index (χ2v) is 5.43. The molecule has 0 aliphatic heterocycles. The lowest BCUT2D eigenvalue weighted by Crippen LogP contribution is -2.30. The van der Waals surface area contributed by atoms with Gasteiger partial charge in [0.1, 0.15) is 5.82 Å². The van der Waals surface area contributed by atoms with Gasteiger partial charge in [-0.3, -0.25) is 0 Å². The minimum atomic E-state index is 0.658. The third-order valence-electron chi connectivity index (χ3n) is 3.43. The molecule has 1 rings (SSSR count). The number of anilines is 2. The molecule has 0 aliphatic rings. The highest BCUT2D eigenvalue weighted by Gasteiger charge is 2.12. The Morgan fingerprint density at radius 3 is 2.40 bits per heavy atom. The number of aromatic nitrogens is 2. The van der Waals surface area contributed by atoms with Gasteiger partial charge in [-0.15, -0.1) is 0 Å². The largest absolute Gasteiger partial charge is 0.357 e. The number of nitrogens with zero attached hydrogens (tertiary/aromatic N) is 4. The van der Waals surface area contributed by atoms with Crippen molar-refractivity contribution >= 4 is 27.7 Å². The van der Waals surface area contributed by atoms with Crippen molar-refractivity contribution in [2.24, 2.45) is 0 Å². The molecule has 0 spiro atoms. The van der Waals surface area contributed by atoms with Crippen LogP contribution in [0.5, 0.6) is 0 Å². The quantitative estimate of drug-likeness (QED) is 0.746. The molecule has 6 heteroatoms. The molecule has 0 aromatic carbocycles. The van der Waals surface area contributed by atoms with E-state index in [4.69, 9.17) is 0 Å². The fraction of sp³-hybridized carbons (Fsp3) is 0.714. The van der Waals surface area contributed by atoms with Crippen molar-refractivity contribution in [3.63, 3.8) is 0 Å². The van der Waals surface area contributed by atoms with Crippen LogP contribution in [-0.4, -0.2) is 54.6 Å². The second-order valence-electron chi connectivity index (χ2n) is 4.58. The summed E-state index contributed by atoms with van der Waals surface area (Å²) in [4.78, 5) is 13.5. The lowest BCUT2D eigenvalue weighted by atomic mass is 10.3. The lowest BCUT2D eigenvalue weighted by Gasteiger charge is -2.25. The molecule has 0 fully saturated rings. The van der Waals surface area contributed by atoms with E-state index in [-0.39, 0.29) is 0 Å². The van der Waals surface area contributed by atoms with Gasteiger partial charge >= 0.3 is 0 Å². The van der Waals surface area contributed by atoms with Crippen LogP contribution < -0.4 is 10.2 Å². The third-order valence-corrected chi connectivity index (χ3v) is 3.99. The molecule has 1 aromatic rings. The first-order valence-electron chi connectivity index (χ1n) is 7.33. The lowest BCUT2D eigenvalue weighted by molar-refractivity contribution is 0.300. The third kappa shape index (κ3) is 4.90. The highest BCUT2D eigenvalue weighted by Crippen LogP contribution is 2.24. The SMILES string of the molecule is CCN(CC)CCCN(CC)c1nc(NC)ncc1Br. The molecular weight excluding hydrogens is 318 g/mol. The van der Waals surface area contributed by atoms with E-state index < -0.39 is 0 Å². The maximum atomic E-state index is 4.54.